The number of rotatable bonds is 5. The number of morpholine rings is 1. The minimum absolute atomic E-state index is 0.0195. The van der Waals surface area contributed by atoms with Gasteiger partial charge in [0, 0.05) is 56.6 Å². The van der Waals surface area contributed by atoms with E-state index in [0.29, 0.717) is 45.1 Å². The van der Waals surface area contributed by atoms with Crippen molar-refractivity contribution in [2.24, 2.45) is 0 Å². The van der Waals surface area contributed by atoms with Gasteiger partial charge in [-0.1, -0.05) is 36.4 Å². The van der Waals surface area contributed by atoms with Gasteiger partial charge in [0.15, 0.2) is 5.69 Å². The maximum atomic E-state index is 13.4. The Morgan fingerprint density at radius 3 is 2.55 bits per heavy atom. The van der Waals surface area contributed by atoms with E-state index in [9.17, 15) is 4.79 Å². The molecule has 1 saturated heterocycles. The van der Waals surface area contributed by atoms with E-state index in [4.69, 9.17) is 9.84 Å². The van der Waals surface area contributed by atoms with Crippen LogP contribution in [0.1, 0.15) is 33.0 Å². The Bertz CT molecular complexity index is 1030. The minimum Gasteiger partial charge on any atom is -0.378 e. The molecule has 2 aromatic heterocycles. The van der Waals surface area contributed by atoms with Gasteiger partial charge in [-0.2, -0.15) is 5.10 Å². The molecular formula is C24H27N5O2. The van der Waals surface area contributed by atoms with Gasteiger partial charge in [0.05, 0.1) is 25.5 Å². The molecule has 0 N–H and O–H groups in total. The van der Waals surface area contributed by atoms with Crippen molar-refractivity contribution in [3.8, 4) is 0 Å². The Balaban J connectivity index is 1.44. The summed E-state index contributed by atoms with van der Waals surface area (Å²) in [4.78, 5) is 22.1. The Morgan fingerprint density at radius 2 is 1.77 bits per heavy atom. The molecule has 0 saturated carbocycles. The lowest BCUT2D eigenvalue weighted by molar-refractivity contribution is 0.0297. The quantitative estimate of drug-likeness (QED) is 0.638. The van der Waals surface area contributed by atoms with Crippen LogP contribution in [0.5, 0.6) is 0 Å². The number of hydrogen-bond acceptors (Lipinski definition) is 5. The topological polar surface area (TPSA) is 63.5 Å². The van der Waals surface area contributed by atoms with Crippen LogP contribution in [-0.4, -0.2) is 63.3 Å². The molecule has 0 bridgehead atoms. The highest BCUT2D eigenvalue weighted by Crippen LogP contribution is 2.26. The lowest BCUT2D eigenvalue weighted by atomic mass is 10.0. The van der Waals surface area contributed by atoms with Crippen molar-refractivity contribution in [1.82, 2.24) is 24.6 Å². The summed E-state index contributed by atoms with van der Waals surface area (Å²) >= 11 is 0. The third kappa shape index (κ3) is 4.38. The van der Waals surface area contributed by atoms with E-state index in [-0.39, 0.29) is 5.91 Å². The van der Waals surface area contributed by atoms with Crippen LogP contribution in [0.2, 0.25) is 0 Å². The van der Waals surface area contributed by atoms with Crippen LogP contribution < -0.4 is 0 Å². The van der Waals surface area contributed by atoms with Gasteiger partial charge in [-0.3, -0.25) is 19.4 Å². The Morgan fingerprint density at radius 1 is 0.968 bits per heavy atom. The lowest BCUT2D eigenvalue weighted by Gasteiger charge is -2.29. The number of nitrogens with zero attached hydrogens (tertiary/aromatic N) is 5. The second-order valence-electron chi connectivity index (χ2n) is 8.10. The second kappa shape index (κ2) is 8.99. The number of amides is 1. The van der Waals surface area contributed by atoms with Crippen molar-refractivity contribution in [2.75, 3.05) is 32.8 Å². The third-order valence-corrected chi connectivity index (χ3v) is 6.00. The van der Waals surface area contributed by atoms with Crippen molar-refractivity contribution in [1.29, 1.82) is 0 Å². The van der Waals surface area contributed by atoms with E-state index in [1.165, 1.54) is 11.3 Å². The van der Waals surface area contributed by atoms with Gasteiger partial charge in [-0.05, 0) is 17.7 Å². The highest BCUT2D eigenvalue weighted by Gasteiger charge is 2.31. The van der Waals surface area contributed by atoms with Gasteiger partial charge in [0.2, 0.25) is 0 Å². The molecule has 7 nitrogen and oxygen atoms in total. The van der Waals surface area contributed by atoms with Gasteiger partial charge in [-0.25, -0.2) is 0 Å². The molecule has 1 fully saturated rings. The third-order valence-electron chi connectivity index (χ3n) is 6.00. The number of pyridine rings is 1. The zero-order valence-corrected chi connectivity index (χ0v) is 17.6. The molecular weight excluding hydrogens is 390 g/mol. The molecule has 0 aliphatic carbocycles. The molecule has 3 aromatic rings. The van der Waals surface area contributed by atoms with Crippen LogP contribution in [0.15, 0.2) is 54.7 Å². The SMILES string of the molecule is O=C(c1nn(Cc2ccccc2)c2c1CN(Cc1ccccn1)CC2)N1CCOCC1. The first kappa shape index (κ1) is 19.9. The molecule has 2 aliphatic rings. The summed E-state index contributed by atoms with van der Waals surface area (Å²) in [7, 11) is 0. The van der Waals surface area contributed by atoms with Crippen LogP contribution >= 0.6 is 0 Å². The number of benzene rings is 1. The molecule has 1 aromatic carbocycles. The van der Waals surface area contributed by atoms with Crippen LogP contribution in [0, 0.1) is 0 Å². The van der Waals surface area contributed by atoms with Crippen molar-refractivity contribution >= 4 is 5.91 Å². The van der Waals surface area contributed by atoms with Gasteiger partial charge in [0.25, 0.3) is 5.91 Å². The predicted octanol–water partition coefficient (Wildman–Crippen LogP) is 2.36. The minimum atomic E-state index is 0.0195. The summed E-state index contributed by atoms with van der Waals surface area (Å²) < 4.78 is 7.47. The fraction of sp³-hybridized carbons (Fsp3) is 0.375. The molecule has 0 atom stereocenters. The molecule has 0 spiro atoms. The molecule has 4 heterocycles. The molecule has 160 valence electrons. The van der Waals surface area contributed by atoms with Crippen LogP contribution in [-0.2, 0) is 30.8 Å². The van der Waals surface area contributed by atoms with Gasteiger partial charge in [0.1, 0.15) is 0 Å². The average Bonchev–Trinajstić information content (AvgIpc) is 3.18. The second-order valence-corrected chi connectivity index (χ2v) is 8.10. The Kier molecular flexibility index (Phi) is 5.78. The van der Waals surface area contributed by atoms with E-state index < -0.39 is 0 Å². The first-order chi connectivity index (χ1) is 15.3. The van der Waals surface area contributed by atoms with E-state index in [1.807, 2.05) is 52.2 Å². The Hall–Kier alpha value is -3.03. The summed E-state index contributed by atoms with van der Waals surface area (Å²) in [6, 6.07) is 16.3. The number of hydrogen-bond donors (Lipinski definition) is 0. The summed E-state index contributed by atoms with van der Waals surface area (Å²) in [5.41, 5.74) is 5.07. The highest BCUT2D eigenvalue weighted by molar-refractivity contribution is 5.94. The van der Waals surface area contributed by atoms with E-state index >= 15 is 0 Å². The smallest absolute Gasteiger partial charge is 0.274 e. The monoisotopic (exact) mass is 417 g/mol. The first-order valence-electron chi connectivity index (χ1n) is 10.9. The normalized spacial score (nSPS) is 16.8. The maximum Gasteiger partial charge on any atom is 0.274 e. The van der Waals surface area contributed by atoms with Crippen molar-refractivity contribution in [2.45, 2.75) is 26.1 Å². The van der Waals surface area contributed by atoms with Crippen molar-refractivity contribution < 1.29 is 9.53 Å². The van der Waals surface area contributed by atoms with E-state index in [0.717, 1.165) is 30.8 Å². The number of carbonyl (C=O) groups is 1. The predicted molar refractivity (Wildman–Crippen MR) is 117 cm³/mol. The fourth-order valence-electron chi connectivity index (χ4n) is 4.38. The average molecular weight is 418 g/mol. The van der Waals surface area contributed by atoms with Gasteiger partial charge < -0.3 is 9.64 Å². The van der Waals surface area contributed by atoms with Crippen molar-refractivity contribution in [3.05, 3.63) is 82.9 Å². The lowest BCUT2D eigenvalue weighted by Crippen LogP contribution is -2.41. The molecule has 1 amide bonds. The van der Waals surface area contributed by atoms with Crippen LogP contribution in [0.25, 0.3) is 0 Å². The summed E-state index contributed by atoms with van der Waals surface area (Å²) in [6.07, 6.45) is 2.70. The molecule has 0 radical (unpaired) electrons. The zero-order valence-electron chi connectivity index (χ0n) is 17.6. The number of ether oxygens (including phenoxy) is 1. The summed E-state index contributed by atoms with van der Waals surface area (Å²) in [6.45, 7) is 5.51. The molecule has 31 heavy (non-hydrogen) atoms. The fourth-order valence-corrected chi connectivity index (χ4v) is 4.38. The number of aromatic nitrogens is 3. The summed E-state index contributed by atoms with van der Waals surface area (Å²) in [5, 5.41) is 4.85. The van der Waals surface area contributed by atoms with E-state index in [1.54, 1.807) is 0 Å². The van der Waals surface area contributed by atoms with Crippen LogP contribution in [0.3, 0.4) is 0 Å². The molecule has 5 rings (SSSR count). The highest BCUT2D eigenvalue weighted by atomic mass is 16.5. The summed E-state index contributed by atoms with van der Waals surface area (Å²) in [5.74, 6) is 0.0195. The maximum absolute atomic E-state index is 13.4. The number of carbonyl (C=O) groups excluding carboxylic acids is 1. The Labute approximate surface area is 182 Å². The van der Waals surface area contributed by atoms with Crippen LogP contribution in [0.4, 0.5) is 0 Å². The van der Waals surface area contributed by atoms with E-state index in [2.05, 4.69) is 22.0 Å². The largest absolute Gasteiger partial charge is 0.378 e. The first-order valence-corrected chi connectivity index (χ1v) is 10.9. The van der Waals surface area contributed by atoms with Crippen molar-refractivity contribution in [3.63, 3.8) is 0 Å². The zero-order chi connectivity index (χ0) is 21.0. The molecule has 7 heteroatoms. The molecule has 0 unspecified atom stereocenters. The van der Waals surface area contributed by atoms with Gasteiger partial charge >= 0.3 is 0 Å². The molecule has 2 aliphatic heterocycles. The van der Waals surface area contributed by atoms with Gasteiger partial charge in [-0.15, -0.1) is 0 Å². The number of fused-ring (bicyclic) bond motifs is 1. The standard InChI is InChI=1S/C24H27N5O2/c30-24(28-12-14-31-15-13-28)23-21-18-27(17-20-8-4-5-10-25-20)11-9-22(21)29(26-23)16-19-6-2-1-3-7-19/h1-8,10H,9,11-18H2.